The lowest BCUT2D eigenvalue weighted by Gasteiger charge is -2.57. The zero-order chi connectivity index (χ0) is 21.1. The van der Waals surface area contributed by atoms with Crippen LogP contribution in [0.2, 0.25) is 0 Å². The molecule has 0 unspecified atom stereocenters. The van der Waals surface area contributed by atoms with Crippen molar-refractivity contribution in [2.24, 2.45) is 40.4 Å². The van der Waals surface area contributed by atoms with Gasteiger partial charge >= 0.3 is 5.97 Å². The van der Waals surface area contributed by atoms with Crippen molar-refractivity contribution >= 4 is 17.5 Å². The predicted molar refractivity (Wildman–Crippen MR) is 111 cm³/mol. The highest BCUT2D eigenvalue weighted by molar-refractivity contribution is 6.02. The van der Waals surface area contributed by atoms with Crippen molar-refractivity contribution in [2.75, 3.05) is 0 Å². The molecule has 4 nitrogen and oxygen atoms in total. The van der Waals surface area contributed by atoms with Crippen LogP contribution in [0, 0.1) is 40.4 Å². The number of hydrogen-bond acceptors (Lipinski definition) is 4. The minimum Gasteiger partial charge on any atom is -0.430 e. The van der Waals surface area contributed by atoms with Crippen LogP contribution < -0.4 is 0 Å². The lowest BCUT2D eigenvalue weighted by molar-refractivity contribution is -0.147. The van der Waals surface area contributed by atoms with Gasteiger partial charge in [0.2, 0.25) is 0 Å². The smallest absolute Gasteiger partial charge is 0.313 e. The normalized spacial score (nSPS) is 41.1. The maximum atomic E-state index is 12.4. The molecule has 3 fully saturated rings. The molecular weight excluding hydrogens is 364 g/mol. The van der Waals surface area contributed by atoms with Crippen molar-refractivity contribution in [3.8, 4) is 0 Å². The van der Waals surface area contributed by atoms with Gasteiger partial charge < -0.3 is 4.74 Å². The third-order valence-electron chi connectivity index (χ3n) is 8.87. The Labute approximate surface area is 174 Å². The molecule has 0 bridgehead atoms. The van der Waals surface area contributed by atoms with Crippen LogP contribution >= 0.6 is 0 Å². The molecular formula is C25H34O4. The van der Waals surface area contributed by atoms with E-state index in [-0.39, 0.29) is 29.0 Å². The first-order valence-electron chi connectivity index (χ1n) is 11.3. The number of hydrogen-bond donors (Lipinski definition) is 0. The molecule has 4 heteroatoms. The summed E-state index contributed by atoms with van der Waals surface area (Å²) in [5.41, 5.74) is 0.826. The van der Waals surface area contributed by atoms with Crippen LogP contribution in [0.15, 0.2) is 23.5 Å². The zero-order valence-corrected chi connectivity index (χ0v) is 18.4. The van der Waals surface area contributed by atoms with E-state index in [0.717, 1.165) is 44.1 Å². The predicted octanol–water partition coefficient (Wildman–Crippen LogP) is 5.03. The molecule has 0 saturated heterocycles. The van der Waals surface area contributed by atoms with Gasteiger partial charge in [-0.05, 0) is 81.6 Å². The standard InChI is InChI=1S/C25H34O4/c1-14(2)23(28)29-22-13-17(27)12-16-6-7-18-20-9-8-19(15(3)26)24(20,4)11-10-21(18)25(16,22)5/h12-14,18-21H,6-11H2,1-5H3/t18-,19+,20-,21-,24+,25-/m0/s1. The summed E-state index contributed by atoms with van der Waals surface area (Å²) in [5, 5.41) is 0. The lowest BCUT2D eigenvalue weighted by atomic mass is 9.47. The highest BCUT2D eigenvalue weighted by atomic mass is 16.5. The summed E-state index contributed by atoms with van der Waals surface area (Å²) in [4.78, 5) is 37.1. The number of allylic oxidation sites excluding steroid dienone is 3. The van der Waals surface area contributed by atoms with E-state index in [1.807, 2.05) is 13.8 Å². The minimum absolute atomic E-state index is 0.0689. The van der Waals surface area contributed by atoms with Gasteiger partial charge in [0.15, 0.2) is 5.78 Å². The van der Waals surface area contributed by atoms with Crippen molar-refractivity contribution in [1.82, 2.24) is 0 Å². The number of ether oxygens (including phenoxy) is 1. The molecule has 0 aromatic heterocycles. The van der Waals surface area contributed by atoms with Crippen molar-refractivity contribution < 1.29 is 19.1 Å². The van der Waals surface area contributed by atoms with E-state index < -0.39 is 5.41 Å². The fraction of sp³-hybridized carbons (Fsp3) is 0.720. The molecule has 4 rings (SSSR count). The van der Waals surface area contributed by atoms with Crippen molar-refractivity contribution in [2.45, 2.75) is 73.1 Å². The molecule has 0 radical (unpaired) electrons. The second-order valence-corrected chi connectivity index (χ2v) is 10.6. The number of fused-ring (bicyclic) bond motifs is 5. The first kappa shape index (κ1) is 20.6. The Morgan fingerprint density at radius 2 is 1.79 bits per heavy atom. The minimum atomic E-state index is -0.392. The maximum Gasteiger partial charge on any atom is 0.313 e. The Balaban J connectivity index is 1.70. The van der Waals surface area contributed by atoms with Crippen LogP contribution in [0.5, 0.6) is 0 Å². The molecule has 0 heterocycles. The third-order valence-corrected chi connectivity index (χ3v) is 8.87. The number of carbonyl (C=O) groups excluding carboxylic acids is 3. The monoisotopic (exact) mass is 398 g/mol. The number of esters is 1. The first-order valence-corrected chi connectivity index (χ1v) is 11.3. The zero-order valence-electron chi connectivity index (χ0n) is 18.4. The lowest BCUT2D eigenvalue weighted by Crippen LogP contribution is -2.51. The van der Waals surface area contributed by atoms with Gasteiger partial charge in [-0.3, -0.25) is 14.4 Å². The van der Waals surface area contributed by atoms with E-state index in [2.05, 4.69) is 13.8 Å². The van der Waals surface area contributed by atoms with Crippen molar-refractivity contribution in [1.29, 1.82) is 0 Å². The summed E-state index contributed by atoms with van der Waals surface area (Å²) in [6.07, 6.45) is 9.43. The van der Waals surface area contributed by atoms with Gasteiger partial charge in [0.25, 0.3) is 0 Å². The summed E-state index contributed by atoms with van der Waals surface area (Å²) >= 11 is 0. The number of carbonyl (C=O) groups is 3. The Hall–Kier alpha value is -1.71. The second-order valence-electron chi connectivity index (χ2n) is 10.6. The van der Waals surface area contributed by atoms with Crippen molar-refractivity contribution in [3.05, 3.63) is 23.5 Å². The summed E-state index contributed by atoms with van der Waals surface area (Å²) in [7, 11) is 0. The average molecular weight is 399 g/mol. The van der Waals surface area contributed by atoms with Crippen molar-refractivity contribution in [3.63, 3.8) is 0 Å². The van der Waals surface area contributed by atoms with Gasteiger partial charge in [-0.25, -0.2) is 0 Å². The molecule has 0 N–H and O–H groups in total. The summed E-state index contributed by atoms with van der Waals surface area (Å²) in [6, 6.07) is 0. The van der Waals surface area contributed by atoms with Crippen LogP contribution in [-0.4, -0.2) is 17.5 Å². The molecule has 29 heavy (non-hydrogen) atoms. The second kappa shape index (κ2) is 6.92. The van der Waals surface area contributed by atoms with Gasteiger partial charge in [-0.15, -0.1) is 0 Å². The quantitative estimate of drug-likeness (QED) is 0.626. The number of Topliss-reactive ketones (excluding diaryl/α,β-unsaturated/α-hetero) is 1. The van der Waals surface area contributed by atoms with E-state index in [9.17, 15) is 14.4 Å². The third kappa shape index (κ3) is 2.97. The SMILES string of the molecule is CC(=O)[C@H]1CC[C@H]2[C@@H]3CCC4=CC(=O)C=C(OC(=O)C(C)C)[C@]4(C)[C@H]3CC[C@]12C. The maximum absolute atomic E-state index is 12.4. The molecule has 4 aliphatic rings. The van der Waals surface area contributed by atoms with Gasteiger partial charge in [-0.2, -0.15) is 0 Å². The molecule has 4 aliphatic carbocycles. The fourth-order valence-electron chi connectivity index (χ4n) is 7.31. The molecule has 6 atom stereocenters. The van der Waals surface area contributed by atoms with E-state index >= 15 is 0 Å². The Morgan fingerprint density at radius 1 is 1.07 bits per heavy atom. The Kier molecular flexibility index (Phi) is 4.91. The number of ketones is 2. The summed E-state index contributed by atoms with van der Waals surface area (Å²) in [5.74, 6) is 1.90. The van der Waals surface area contributed by atoms with E-state index in [4.69, 9.17) is 4.74 Å². The van der Waals surface area contributed by atoms with Gasteiger partial charge in [0.05, 0.1) is 11.3 Å². The van der Waals surface area contributed by atoms with Gasteiger partial charge in [-0.1, -0.05) is 26.3 Å². The Morgan fingerprint density at radius 3 is 2.45 bits per heavy atom. The summed E-state index contributed by atoms with van der Waals surface area (Å²) < 4.78 is 5.85. The largest absolute Gasteiger partial charge is 0.430 e. The van der Waals surface area contributed by atoms with Gasteiger partial charge in [0, 0.05) is 12.0 Å². The van der Waals surface area contributed by atoms with Crippen LogP contribution in [-0.2, 0) is 19.1 Å². The van der Waals surface area contributed by atoms with E-state index in [1.54, 1.807) is 19.1 Å². The number of rotatable bonds is 3. The molecule has 3 saturated carbocycles. The topological polar surface area (TPSA) is 60.4 Å². The van der Waals surface area contributed by atoms with Crippen LogP contribution in [0.25, 0.3) is 0 Å². The molecule has 0 aromatic rings. The van der Waals surface area contributed by atoms with Crippen LogP contribution in [0.4, 0.5) is 0 Å². The fourth-order valence-corrected chi connectivity index (χ4v) is 7.31. The highest BCUT2D eigenvalue weighted by Gasteiger charge is 2.61. The molecule has 158 valence electrons. The molecule has 0 amide bonds. The molecule has 0 spiro atoms. The summed E-state index contributed by atoms with van der Waals surface area (Å²) in [6.45, 7) is 9.92. The average Bonchev–Trinajstić information content (AvgIpc) is 3.00. The Bertz CT molecular complexity index is 819. The van der Waals surface area contributed by atoms with E-state index in [1.165, 1.54) is 0 Å². The molecule has 0 aromatic carbocycles. The van der Waals surface area contributed by atoms with Crippen LogP contribution in [0.1, 0.15) is 73.1 Å². The molecule has 0 aliphatic heterocycles. The highest BCUT2D eigenvalue weighted by Crippen LogP contribution is 2.67. The first-order chi connectivity index (χ1) is 13.6. The van der Waals surface area contributed by atoms with E-state index in [0.29, 0.717) is 29.3 Å². The van der Waals surface area contributed by atoms with Crippen LogP contribution in [0.3, 0.4) is 0 Å². The van der Waals surface area contributed by atoms with Gasteiger partial charge in [0.1, 0.15) is 11.5 Å².